The summed E-state index contributed by atoms with van der Waals surface area (Å²) < 4.78 is 5.62. The summed E-state index contributed by atoms with van der Waals surface area (Å²) in [5, 5.41) is 2.88. The molecule has 2 rings (SSSR count). The van der Waals surface area contributed by atoms with Crippen LogP contribution < -0.4 is 11.1 Å². The second kappa shape index (κ2) is 7.43. The highest BCUT2D eigenvalue weighted by molar-refractivity contribution is 5.95. The predicted octanol–water partition coefficient (Wildman–Crippen LogP) is 2.02. The van der Waals surface area contributed by atoms with E-state index in [2.05, 4.69) is 17.1 Å². The molecule has 0 aliphatic carbocycles. The van der Waals surface area contributed by atoms with E-state index in [0.717, 1.165) is 38.1 Å². The molecule has 1 aromatic carbocycles. The molecule has 0 radical (unpaired) electrons. The number of aryl methyl sites for hydroxylation is 1. The van der Waals surface area contributed by atoms with E-state index < -0.39 is 0 Å². The first kappa shape index (κ1) is 15.8. The van der Waals surface area contributed by atoms with Gasteiger partial charge >= 0.3 is 0 Å². The summed E-state index contributed by atoms with van der Waals surface area (Å²) in [6.45, 7) is 6.88. The maximum absolute atomic E-state index is 12.1. The van der Waals surface area contributed by atoms with Crippen LogP contribution in [0.15, 0.2) is 18.2 Å². The Balaban J connectivity index is 1.86. The molecule has 5 nitrogen and oxygen atoms in total. The number of anilines is 2. The molecule has 21 heavy (non-hydrogen) atoms. The van der Waals surface area contributed by atoms with Gasteiger partial charge < -0.3 is 15.8 Å². The average Bonchev–Trinajstić information content (AvgIpc) is 2.94. The van der Waals surface area contributed by atoms with E-state index in [1.165, 1.54) is 0 Å². The van der Waals surface area contributed by atoms with Crippen molar-refractivity contribution in [3.63, 3.8) is 0 Å². The summed E-state index contributed by atoms with van der Waals surface area (Å²) in [5.41, 5.74) is 8.28. The van der Waals surface area contributed by atoms with Crippen LogP contribution in [0.5, 0.6) is 0 Å². The number of hydrogen-bond acceptors (Lipinski definition) is 4. The SMILES string of the molecule is CCN(CC(=O)Nc1ccc(C)cc1N)CC1CCCO1. The van der Waals surface area contributed by atoms with Gasteiger partial charge in [-0.1, -0.05) is 13.0 Å². The summed E-state index contributed by atoms with van der Waals surface area (Å²) >= 11 is 0. The molecular formula is C16H25N3O2. The summed E-state index contributed by atoms with van der Waals surface area (Å²) in [6, 6.07) is 5.65. The van der Waals surface area contributed by atoms with Crippen LogP contribution in [0.4, 0.5) is 11.4 Å². The maximum atomic E-state index is 12.1. The molecule has 1 amide bonds. The Labute approximate surface area is 126 Å². The molecule has 1 aromatic rings. The molecule has 1 saturated heterocycles. The van der Waals surface area contributed by atoms with Gasteiger partial charge in [0.25, 0.3) is 0 Å². The first-order chi connectivity index (χ1) is 10.1. The Bertz CT molecular complexity index is 484. The van der Waals surface area contributed by atoms with Crippen LogP contribution in [0.2, 0.25) is 0 Å². The molecule has 116 valence electrons. The fourth-order valence-electron chi connectivity index (χ4n) is 2.57. The number of nitrogens with zero attached hydrogens (tertiary/aromatic N) is 1. The van der Waals surface area contributed by atoms with E-state index in [1.54, 1.807) is 0 Å². The fraction of sp³-hybridized carbons (Fsp3) is 0.562. The first-order valence-electron chi connectivity index (χ1n) is 7.58. The molecule has 1 heterocycles. The summed E-state index contributed by atoms with van der Waals surface area (Å²) in [5.74, 6) is -0.0367. The number of carbonyl (C=O) groups excluding carboxylic acids is 1. The lowest BCUT2D eigenvalue weighted by Gasteiger charge is -2.23. The normalized spacial score (nSPS) is 18.1. The highest BCUT2D eigenvalue weighted by Crippen LogP contribution is 2.19. The standard InChI is InChI=1S/C16H25N3O2/c1-3-19(10-13-5-4-8-21-13)11-16(20)18-15-7-6-12(2)9-14(15)17/h6-7,9,13H,3-5,8,10-11,17H2,1-2H3,(H,18,20). The van der Waals surface area contributed by atoms with Crippen LogP contribution in [-0.2, 0) is 9.53 Å². The van der Waals surface area contributed by atoms with Gasteiger partial charge in [-0.3, -0.25) is 9.69 Å². The first-order valence-corrected chi connectivity index (χ1v) is 7.58. The van der Waals surface area contributed by atoms with Gasteiger partial charge in [-0.25, -0.2) is 0 Å². The molecule has 1 unspecified atom stereocenters. The molecule has 0 spiro atoms. The number of nitrogens with one attached hydrogen (secondary N) is 1. The smallest absolute Gasteiger partial charge is 0.238 e. The Morgan fingerprint density at radius 1 is 1.52 bits per heavy atom. The molecule has 0 bridgehead atoms. The number of carbonyl (C=O) groups is 1. The van der Waals surface area contributed by atoms with E-state index in [9.17, 15) is 4.79 Å². The Morgan fingerprint density at radius 2 is 2.33 bits per heavy atom. The fourth-order valence-corrected chi connectivity index (χ4v) is 2.57. The quantitative estimate of drug-likeness (QED) is 0.787. The summed E-state index contributed by atoms with van der Waals surface area (Å²) in [4.78, 5) is 14.3. The highest BCUT2D eigenvalue weighted by Gasteiger charge is 2.20. The summed E-state index contributed by atoms with van der Waals surface area (Å²) in [6.07, 6.45) is 2.47. The summed E-state index contributed by atoms with van der Waals surface area (Å²) in [7, 11) is 0. The molecular weight excluding hydrogens is 266 g/mol. The van der Waals surface area contributed by atoms with Crippen molar-refractivity contribution in [2.45, 2.75) is 32.8 Å². The van der Waals surface area contributed by atoms with Crippen LogP contribution in [0.1, 0.15) is 25.3 Å². The van der Waals surface area contributed by atoms with Crippen molar-refractivity contribution in [3.05, 3.63) is 23.8 Å². The third-order valence-corrected chi connectivity index (χ3v) is 3.78. The Kier molecular flexibility index (Phi) is 5.59. The van der Waals surface area contributed by atoms with Gasteiger partial charge in [0.05, 0.1) is 24.0 Å². The third kappa shape index (κ3) is 4.72. The van der Waals surface area contributed by atoms with Gasteiger partial charge in [0.15, 0.2) is 0 Å². The number of ether oxygens (including phenoxy) is 1. The van der Waals surface area contributed by atoms with Crippen LogP contribution >= 0.6 is 0 Å². The maximum Gasteiger partial charge on any atom is 0.238 e. The van der Waals surface area contributed by atoms with Gasteiger partial charge in [-0.05, 0) is 44.0 Å². The molecule has 1 atom stereocenters. The number of rotatable bonds is 6. The molecule has 0 saturated carbocycles. The van der Waals surface area contributed by atoms with Crippen molar-refractivity contribution in [2.24, 2.45) is 0 Å². The lowest BCUT2D eigenvalue weighted by atomic mass is 10.2. The van der Waals surface area contributed by atoms with Gasteiger partial charge in [-0.15, -0.1) is 0 Å². The number of nitrogens with two attached hydrogens (primary N) is 1. The largest absolute Gasteiger partial charge is 0.397 e. The molecule has 1 aliphatic heterocycles. The van der Waals surface area contributed by atoms with Gasteiger partial charge in [0.2, 0.25) is 5.91 Å². The van der Waals surface area contributed by atoms with Crippen molar-refractivity contribution < 1.29 is 9.53 Å². The molecule has 1 aliphatic rings. The zero-order valence-electron chi connectivity index (χ0n) is 12.9. The number of amides is 1. The second-order valence-electron chi connectivity index (χ2n) is 5.60. The van der Waals surface area contributed by atoms with Gasteiger partial charge in [0, 0.05) is 13.2 Å². The van der Waals surface area contributed by atoms with Crippen LogP contribution in [0.3, 0.4) is 0 Å². The third-order valence-electron chi connectivity index (χ3n) is 3.78. The predicted molar refractivity (Wildman–Crippen MR) is 85.3 cm³/mol. The van der Waals surface area contributed by atoms with Gasteiger partial charge in [-0.2, -0.15) is 0 Å². The number of benzene rings is 1. The number of likely N-dealkylation sites (N-methyl/N-ethyl adjacent to an activating group) is 1. The minimum atomic E-state index is -0.0367. The van der Waals surface area contributed by atoms with E-state index in [1.807, 2.05) is 25.1 Å². The average molecular weight is 291 g/mol. The van der Waals surface area contributed by atoms with E-state index in [0.29, 0.717) is 17.9 Å². The van der Waals surface area contributed by atoms with Crippen molar-refractivity contribution in [1.29, 1.82) is 0 Å². The highest BCUT2D eigenvalue weighted by atomic mass is 16.5. The van der Waals surface area contributed by atoms with E-state index in [-0.39, 0.29) is 12.0 Å². The minimum Gasteiger partial charge on any atom is -0.397 e. The van der Waals surface area contributed by atoms with Crippen molar-refractivity contribution in [3.8, 4) is 0 Å². The Hall–Kier alpha value is -1.59. The molecule has 0 aromatic heterocycles. The topological polar surface area (TPSA) is 67.6 Å². The number of hydrogen-bond donors (Lipinski definition) is 2. The molecule has 5 heteroatoms. The monoisotopic (exact) mass is 291 g/mol. The molecule has 1 fully saturated rings. The van der Waals surface area contributed by atoms with Crippen molar-refractivity contribution in [2.75, 3.05) is 37.3 Å². The van der Waals surface area contributed by atoms with Gasteiger partial charge in [0.1, 0.15) is 0 Å². The second-order valence-corrected chi connectivity index (χ2v) is 5.60. The zero-order valence-corrected chi connectivity index (χ0v) is 12.9. The van der Waals surface area contributed by atoms with Crippen molar-refractivity contribution in [1.82, 2.24) is 4.90 Å². The van der Waals surface area contributed by atoms with Crippen LogP contribution in [-0.4, -0.2) is 43.2 Å². The van der Waals surface area contributed by atoms with Crippen LogP contribution in [0.25, 0.3) is 0 Å². The van der Waals surface area contributed by atoms with Crippen LogP contribution in [0, 0.1) is 6.92 Å². The van der Waals surface area contributed by atoms with E-state index >= 15 is 0 Å². The Morgan fingerprint density at radius 3 is 2.95 bits per heavy atom. The zero-order chi connectivity index (χ0) is 15.2. The molecule has 3 N–H and O–H groups in total. The van der Waals surface area contributed by atoms with Crippen molar-refractivity contribution >= 4 is 17.3 Å². The lowest BCUT2D eigenvalue weighted by molar-refractivity contribution is -0.117. The minimum absolute atomic E-state index is 0.0367. The van der Waals surface area contributed by atoms with E-state index in [4.69, 9.17) is 10.5 Å². The number of nitrogen functional groups attached to an aromatic ring is 1. The lowest BCUT2D eigenvalue weighted by Crippen LogP contribution is -2.38.